The van der Waals surface area contributed by atoms with E-state index in [4.69, 9.17) is 33.2 Å². The molecule has 0 bridgehead atoms. The Morgan fingerprint density at radius 2 is 1.80 bits per heavy atom. The third kappa shape index (κ3) is 3.61. The highest BCUT2D eigenvalue weighted by atomic mass is 35.5. The van der Waals surface area contributed by atoms with Gasteiger partial charge in [-0.3, -0.25) is 4.40 Å². The highest BCUT2D eigenvalue weighted by Crippen LogP contribution is 2.35. The number of rotatable bonds is 4. The minimum Gasteiger partial charge on any atom is -0.351 e. The predicted molar refractivity (Wildman–Crippen MR) is 118 cm³/mol. The van der Waals surface area contributed by atoms with Crippen molar-refractivity contribution in [3.05, 3.63) is 64.7 Å². The molecule has 0 spiro atoms. The third-order valence-electron chi connectivity index (χ3n) is 5.35. The van der Waals surface area contributed by atoms with Crippen LogP contribution in [0.15, 0.2) is 48.8 Å². The van der Waals surface area contributed by atoms with Crippen molar-refractivity contribution in [2.45, 2.75) is 31.7 Å². The summed E-state index contributed by atoms with van der Waals surface area (Å²) in [5, 5.41) is 4.34. The van der Waals surface area contributed by atoms with Crippen molar-refractivity contribution in [2.24, 2.45) is 0 Å². The molecule has 1 aliphatic carbocycles. The molecule has 1 N–H and O–H groups in total. The lowest BCUT2D eigenvalue weighted by molar-refractivity contribution is 0.628. The van der Waals surface area contributed by atoms with Crippen molar-refractivity contribution in [1.29, 1.82) is 0 Å². The highest BCUT2D eigenvalue weighted by Gasteiger charge is 2.21. The van der Waals surface area contributed by atoms with E-state index in [1.807, 2.05) is 10.5 Å². The Hall–Kier alpha value is -2.70. The van der Waals surface area contributed by atoms with Crippen molar-refractivity contribution >= 4 is 34.8 Å². The molecule has 0 saturated heterocycles. The molecular formula is C22H18Cl2FN5. The normalized spacial score (nSPS) is 14.5. The van der Waals surface area contributed by atoms with Gasteiger partial charge in [0.2, 0.25) is 5.95 Å². The quantitative estimate of drug-likeness (QED) is 0.406. The zero-order valence-corrected chi connectivity index (χ0v) is 17.5. The summed E-state index contributed by atoms with van der Waals surface area (Å²) < 4.78 is 15.3. The molecule has 1 aliphatic rings. The highest BCUT2D eigenvalue weighted by molar-refractivity contribution is 6.36. The Balaban J connectivity index is 1.69. The van der Waals surface area contributed by atoms with Crippen molar-refractivity contribution in [1.82, 2.24) is 19.4 Å². The fourth-order valence-corrected chi connectivity index (χ4v) is 4.45. The van der Waals surface area contributed by atoms with Gasteiger partial charge >= 0.3 is 0 Å². The molecule has 0 atom stereocenters. The van der Waals surface area contributed by atoms with E-state index in [-0.39, 0.29) is 5.82 Å². The molecule has 0 amide bonds. The van der Waals surface area contributed by atoms with Crippen LogP contribution in [0, 0.1) is 5.82 Å². The first-order valence-electron chi connectivity index (χ1n) is 9.81. The lowest BCUT2D eigenvalue weighted by Crippen LogP contribution is -2.16. The summed E-state index contributed by atoms with van der Waals surface area (Å²) in [6.07, 6.45) is 8.15. The van der Waals surface area contributed by atoms with Crippen molar-refractivity contribution in [2.75, 3.05) is 5.32 Å². The van der Waals surface area contributed by atoms with Crippen LogP contribution in [0.25, 0.3) is 28.3 Å². The van der Waals surface area contributed by atoms with Gasteiger partial charge in [-0.1, -0.05) is 36.0 Å². The van der Waals surface area contributed by atoms with Gasteiger partial charge in [0.15, 0.2) is 5.65 Å². The second-order valence-electron chi connectivity index (χ2n) is 7.41. The second kappa shape index (κ2) is 7.85. The predicted octanol–water partition coefficient (Wildman–Crippen LogP) is 6.26. The third-order valence-corrected chi connectivity index (χ3v) is 5.83. The standard InChI is InChI=1S/C22H18Cl2FN5/c23-14-11-17(24)21-29-19(13-5-7-15(25)8-6-13)20(30(21)12-14)18-9-10-26-22(28-18)27-16-3-1-2-4-16/h5-12,16H,1-4H2,(H,26,27,28). The summed E-state index contributed by atoms with van der Waals surface area (Å²) >= 11 is 12.7. The van der Waals surface area contributed by atoms with Crippen LogP contribution in [0.5, 0.6) is 0 Å². The Kier molecular flexibility index (Phi) is 5.05. The van der Waals surface area contributed by atoms with Crippen LogP contribution in [-0.4, -0.2) is 25.4 Å². The summed E-state index contributed by atoms with van der Waals surface area (Å²) in [7, 11) is 0. The Morgan fingerprint density at radius 1 is 1.03 bits per heavy atom. The van der Waals surface area contributed by atoms with E-state index in [1.165, 1.54) is 25.0 Å². The van der Waals surface area contributed by atoms with Crippen molar-refractivity contribution < 1.29 is 4.39 Å². The topological polar surface area (TPSA) is 55.1 Å². The first kappa shape index (κ1) is 19.3. The molecule has 1 aromatic carbocycles. The molecule has 5 nitrogen and oxygen atoms in total. The van der Waals surface area contributed by atoms with Crippen LogP contribution < -0.4 is 5.32 Å². The fourth-order valence-electron chi connectivity index (χ4n) is 3.94. The summed E-state index contributed by atoms with van der Waals surface area (Å²) in [6, 6.07) is 10.1. The first-order chi connectivity index (χ1) is 14.6. The van der Waals surface area contributed by atoms with Crippen molar-refractivity contribution in [3.8, 4) is 22.6 Å². The van der Waals surface area contributed by atoms with Gasteiger partial charge in [-0.15, -0.1) is 0 Å². The van der Waals surface area contributed by atoms with Gasteiger partial charge in [-0.05, 0) is 49.2 Å². The molecule has 3 aromatic heterocycles. The van der Waals surface area contributed by atoms with Crippen molar-refractivity contribution in [3.63, 3.8) is 0 Å². The van der Waals surface area contributed by atoms with E-state index in [0.29, 0.717) is 39.1 Å². The van der Waals surface area contributed by atoms with E-state index in [0.717, 1.165) is 24.1 Å². The maximum Gasteiger partial charge on any atom is 0.223 e. The van der Waals surface area contributed by atoms with E-state index in [9.17, 15) is 4.39 Å². The van der Waals surface area contributed by atoms with Crippen LogP contribution in [-0.2, 0) is 0 Å². The van der Waals surface area contributed by atoms with E-state index in [1.54, 1.807) is 30.6 Å². The number of imidazole rings is 1. The summed E-state index contributed by atoms with van der Waals surface area (Å²) in [4.78, 5) is 13.9. The fraction of sp³-hybridized carbons (Fsp3) is 0.227. The summed E-state index contributed by atoms with van der Waals surface area (Å²) in [6.45, 7) is 0. The number of halogens is 3. The second-order valence-corrected chi connectivity index (χ2v) is 8.25. The van der Waals surface area contributed by atoms with Gasteiger partial charge < -0.3 is 5.32 Å². The number of hydrogen-bond donors (Lipinski definition) is 1. The molecule has 0 radical (unpaired) electrons. The number of anilines is 1. The Bertz CT molecular complexity index is 1220. The molecule has 4 aromatic rings. The van der Waals surface area contributed by atoms with Crippen LogP contribution in [0.4, 0.5) is 10.3 Å². The monoisotopic (exact) mass is 441 g/mol. The molecule has 5 rings (SSSR count). The van der Waals surface area contributed by atoms with Crippen LogP contribution in [0.1, 0.15) is 25.7 Å². The van der Waals surface area contributed by atoms with Gasteiger partial charge in [0.25, 0.3) is 0 Å². The van der Waals surface area contributed by atoms with Crippen LogP contribution in [0.3, 0.4) is 0 Å². The largest absolute Gasteiger partial charge is 0.351 e. The maximum absolute atomic E-state index is 13.5. The molecule has 152 valence electrons. The lowest BCUT2D eigenvalue weighted by atomic mass is 10.1. The van der Waals surface area contributed by atoms with Gasteiger partial charge in [-0.25, -0.2) is 19.3 Å². The zero-order chi connectivity index (χ0) is 20.7. The van der Waals surface area contributed by atoms with Gasteiger partial charge in [0.1, 0.15) is 5.82 Å². The maximum atomic E-state index is 13.5. The van der Waals surface area contributed by atoms with E-state index >= 15 is 0 Å². The average Bonchev–Trinajstić information content (AvgIpc) is 3.37. The molecule has 8 heteroatoms. The van der Waals surface area contributed by atoms with Gasteiger partial charge in [0, 0.05) is 24.0 Å². The Morgan fingerprint density at radius 3 is 2.57 bits per heavy atom. The molecule has 1 fully saturated rings. The smallest absolute Gasteiger partial charge is 0.223 e. The van der Waals surface area contributed by atoms with E-state index in [2.05, 4.69) is 10.3 Å². The molecule has 0 aliphatic heterocycles. The van der Waals surface area contributed by atoms with Crippen LogP contribution in [0.2, 0.25) is 10.0 Å². The van der Waals surface area contributed by atoms with Crippen LogP contribution >= 0.6 is 23.2 Å². The number of nitrogens with zero attached hydrogens (tertiary/aromatic N) is 4. The number of nitrogens with one attached hydrogen (secondary N) is 1. The summed E-state index contributed by atoms with van der Waals surface area (Å²) in [5.41, 5.74) is 3.35. The summed E-state index contributed by atoms with van der Waals surface area (Å²) in [5.74, 6) is 0.266. The SMILES string of the molecule is Fc1ccc(-c2nc3c(Cl)cc(Cl)cn3c2-c2ccnc(NC3CCCC3)n2)cc1. The minimum atomic E-state index is -0.310. The first-order valence-corrected chi connectivity index (χ1v) is 10.6. The molecular weight excluding hydrogens is 424 g/mol. The molecule has 3 heterocycles. The minimum absolute atomic E-state index is 0.310. The van der Waals surface area contributed by atoms with Gasteiger partial charge in [0.05, 0.1) is 27.1 Å². The van der Waals surface area contributed by atoms with Gasteiger partial charge in [-0.2, -0.15) is 0 Å². The number of benzene rings is 1. The van der Waals surface area contributed by atoms with E-state index < -0.39 is 0 Å². The Labute approximate surface area is 182 Å². The number of pyridine rings is 1. The number of aromatic nitrogens is 4. The lowest BCUT2D eigenvalue weighted by Gasteiger charge is -2.13. The number of fused-ring (bicyclic) bond motifs is 1. The molecule has 0 unspecified atom stereocenters. The average molecular weight is 442 g/mol. The number of hydrogen-bond acceptors (Lipinski definition) is 4. The zero-order valence-electron chi connectivity index (χ0n) is 15.9. The molecule has 1 saturated carbocycles. The molecule has 30 heavy (non-hydrogen) atoms.